The van der Waals surface area contributed by atoms with Crippen molar-refractivity contribution in [1.82, 2.24) is 5.32 Å². The second-order valence-corrected chi connectivity index (χ2v) is 7.68. The van der Waals surface area contributed by atoms with Crippen molar-refractivity contribution in [2.24, 2.45) is 0 Å². The van der Waals surface area contributed by atoms with Crippen LogP contribution in [0.4, 0.5) is 0 Å². The van der Waals surface area contributed by atoms with E-state index >= 15 is 0 Å². The molecule has 1 heterocycles. The van der Waals surface area contributed by atoms with Crippen LogP contribution in [0.1, 0.15) is 5.56 Å². The zero-order valence-electron chi connectivity index (χ0n) is 17.3. The predicted molar refractivity (Wildman–Crippen MR) is 133 cm³/mol. The maximum absolute atomic E-state index is 3.09. The van der Waals surface area contributed by atoms with Gasteiger partial charge in [0.15, 0.2) is 0 Å². The number of rotatable bonds is 1. The number of hydrogen-bond acceptors (Lipinski definition) is 2. The number of allylic oxidation sites excluding steroid dienone is 5. The maximum Gasteiger partial charge on any atom is 0.0361 e. The van der Waals surface area contributed by atoms with Crippen molar-refractivity contribution >= 4 is 33.6 Å². The van der Waals surface area contributed by atoms with Crippen molar-refractivity contribution in [3.63, 3.8) is 0 Å². The Balaban J connectivity index is 0.000000139. The van der Waals surface area contributed by atoms with Crippen molar-refractivity contribution in [3.05, 3.63) is 130 Å². The zero-order valence-corrected chi connectivity index (χ0v) is 18.1. The molecule has 0 fully saturated rings. The molecule has 2 heteroatoms. The Kier molecular flexibility index (Phi) is 8.09. The maximum atomic E-state index is 3.09. The molecule has 0 aliphatic heterocycles. The summed E-state index contributed by atoms with van der Waals surface area (Å²) < 4.78 is 2.68. The van der Waals surface area contributed by atoms with Gasteiger partial charge in [0.1, 0.15) is 0 Å². The quantitative estimate of drug-likeness (QED) is 0.521. The second kappa shape index (κ2) is 11.5. The third-order valence-corrected chi connectivity index (χ3v) is 5.55. The van der Waals surface area contributed by atoms with Crippen LogP contribution in [-0.2, 0) is 0 Å². The molecule has 0 spiro atoms. The summed E-state index contributed by atoms with van der Waals surface area (Å²) in [6.45, 7) is 2.08. The minimum atomic E-state index is 1.11. The number of likely N-dealkylation sites (N-methyl/N-ethyl adjacent to an activating group) is 1. The molecule has 0 bridgehead atoms. The van der Waals surface area contributed by atoms with Crippen LogP contribution in [-0.4, -0.2) is 7.05 Å². The standard InChI is InChI=1S/C13H8S.C8H9N.C7H8/c1-2-6-10-11-7-4-5-9-13(11)14-12(10)8-3-1;1-9-8-6-4-2-3-5-7-8;1-7-5-3-2-4-6-7/h2-9H;2,4-7,9H,1H3;2-6H,1H3. The molecule has 0 atom stereocenters. The van der Waals surface area contributed by atoms with E-state index in [0.717, 1.165) is 5.70 Å². The first-order chi connectivity index (χ1) is 14.8. The number of nitrogens with one attached hydrogen (secondary N) is 1. The minimum Gasteiger partial charge on any atom is -0.388 e. The zero-order chi connectivity index (χ0) is 21.0. The van der Waals surface area contributed by atoms with Crippen molar-refractivity contribution in [3.8, 4) is 0 Å². The molecule has 0 amide bonds. The van der Waals surface area contributed by atoms with E-state index in [2.05, 4.69) is 72.3 Å². The first kappa shape index (κ1) is 21.2. The molecular weight excluding hydrogens is 382 g/mol. The molecule has 1 nitrogen and oxygen atoms in total. The fourth-order valence-electron chi connectivity index (χ4n) is 2.85. The van der Waals surface area contributed by atoms with E-state index in [1.54, 1.807) is 0 Å². The van der Waals surface area contributed by atoms with Gasteiger partial charge in [0.05, 0.1) is 0 Å². The van der Waals surface area contributed by atoms with E-state index in [4.69, 9.17) is 0 Å². The van der Waals surface area contributed by atoms with E-state index in [9.17, 15) is 0 Å². The molecule has 3 aromatic rings. The smallest absolute Gasteiger partial charge is 0.0361 e. The molecule has 0 saturated carbocycles. The first-order valence-electron chi connectivity index (χ1n) is 9.87. The Labute approximate surface area is 182 Å². The number of aryl methyl sites for hydroxylation is 1. The van der Waals surface area contributed by atoms with Crippen LogP contribution in [0.25, 0.3) is 22.2 Å². The van der Waals surface area contributed by atoms with Crippen molar-refractivity contribution < 1.29 is 0 Å². The lowest BCUT2D eigenvalue weighted by molar-refractivity contribution is 1.03. The van der Waals surface area contributed by atoms with Gasteiger partial charge in [0.25, 0.3) is 0 Å². The highest BCUT2D eigenvalue weighted by molar-refractivity contribution is 7.17. The lowest BCUT2D eigenvalue weighted by atomic mass is 10.2. The van der Waals surface area contributed by atoms with Gasteiger partial charge in [-0.15, -0.1) is 22.8 Å². The molecule has 148 valence electrons. The fourth-order valence-corrected chi connectivity index (χ4v) is 3.94. The van der Waals surface area contributed by atoms with E-state index in [1.165, 1.54) is 25.4 Å². The predicted octanol–water partition coefficient (Wildman–Crippen LogP) is 5.55. The summed E-state index contributed by atoms with van der Waals surface area (Å²) in [5.41, 5.74) is 8.48. The molecule has 2 aliphatic rings. The Bertz CT molecular complexity index is 1290. The highest BCUT2D eigenvalue weighted by Crippen LogP contribution is 2.12. The van der Waals surface area contributed by atoms with Crippen molar-refractivity contribution in [2.45, 2.75) is 6.92 Å². The average Bonchev–Trinajstić information content (AvgIpc) is 2.98. The van der Waals surface area contributed by atoms with E-state index < -0.39 is 0 Å². The third kappa shape index (κ3) is 6.24. The second-order valence-electron chi connectivity index (χ2n) is 6.60. The Morgan fingerprint density at radius 3 is 2.23 bits per heavy atom. The van der Waals surface area contributed by atoms with Crippen LogP contribution >= 0.6 is 11.3 Å². The van der Waals surface area contributed by atoms with Gasteiger partial charge in [-0.05, 0) is 61.6 Å². The third-order valence-electron chi connectivity index (χ3n) is 4.40. The minimum absolute atomic E-state index is 1.11. The van der Waals surface area contributed by atoms with E-state index in [1.807, 2.05) is 79.1 Å². The summed E-state index contributed by atoms with van der Waals surface area (Å²) in [5, 5.41) is 5.70. The molecule has 0 radical (unpaired) electrons. The van der Waals surface area contributed by atoms with Gasteiger partial charge in [0, 0.05) is 32.6 Å². The highest BCUT2D eigenvalue weighted by atomic mass is 32.1. The van der Waals surface area contributed by atoms with Crippen molar-refractivity contribution in [1.29, 1.82) is 0 Å². The summed E-state index contributed by atoms with van der Waals surface area (Å²) in [6, 6.07) is 18.8. The summed E-state index contributed by atoms with van der Waals surface area (Å²) in [6.07, 6.45) is 17.9. The van der Waals surface area contributed by atoms with Gasteiger partial charge in [0.2, 0.25) is 0 Å². The van der Waals surface area contributed by atoms with Gasteiger partial charge < -0.3 is 5.32 Å². The van der Waals surface area contributed by atoms with Crippen LogP contribution < -0.4 is 15.1 Å². The van der Waals surface area contributed by atoms with Crippen LogP contribution in [0.15, 0.2) is 114 Å². The van der Waals surface area contributed by atoms with E-state index in [0.29, 0.717) is 0 Å². The van der Waals surface area contributed by atoms with E-state index in [-0.39, 0.29) is 0 Å². The van der Waals surface area contributed by atoms with Gasteiger partial charge >= 0.3 is 0 Å². The summed E-state index contributed by atoms with van der Waals surface area (Å²) in [4.78, 5) is 0. The lowest BCUT2D eigenvalue weighted by Crippen LogP contribution is -2.16. The average molecular weight is 408 g/mol. The Morgan fingerprint density at radius 1 is 0.767 bits per heavy atom. The number of benzene rings is 2. The fraction of sp³-hybridized carbons (Fsp3) is 0.0714. The highest BCUT2D eigenvalue weighted by Gasteiger charge is 1.98. The SMILES string of the molecule is C1=CC=c2sc3ccccc3c2=CC=1.CNC1=CC=C=CC=C1.Cc1ccccc1. The molecule has 1 aromatic heterocycles. The number of hydrogen-bond donors (Lipinski definition) is 1. The summed E-state index contributed by atoms with van der Waals surface area (Å²) in [7, 11) is 1.90. The summed E-state index contributed by atoms with van der Waals surface area (Å²) >= 11 is 1.83. The number of fused-ring (bicyclic) bond motifs is 3. The monoisotopic (exact) mass is 407 g/mol. The summed E-state index contributed by atoms with van der Waals surface area (Å²) in [5.74, 6) is 0. The Hall–Kier alpha value is -3.54. The van der Waals surface area contributed by atoms with Gasteiger partial charge in [-0.3, -0.25) is 0 Å². The molecule has 5 rings (SSSR count). The molecule has 2 aliphatic carbocycles. The largest absolute Gasteiger partial charge is 0.388 e. The molecule has 0 saturated heterocycles. The van der Waals surface area contributed by atoms with Crippen LogP contribution in [0, 0.1) is 6.92 Å². The lowest BCUT2D eigenvalue weighted by Gasteiger charge is -1.94. The van der Waals surface area contributed by atoms with Crippen LogP contribution in [0.5, 0.6) is 0 Å². The van der Waals surface area contributed by atoms with Crippen LogP contribution in [0.3, 0.4) is 0 Å². The normalized spacial score (nSPS) is 12.7. The van der Waals surface area contributed by atoms with Gasteiger partial charge in [-0.25, -0.2) is 0 Å². The van der Waals surface area contributed by atoms with Gasteiger partial charge in [-0.2, -0.15) is 0 Å². The topological polar surface area (TPSA) is 12.0 Å². The number of thiophene rings is 1. The molecular formula is C28H25NS. The first-order valence-corrected chi connectivity index (χ1v) is 10.7. The van der Waals surface area contributed by atoms with Crippen molar-refractivity contribution in [2.75, 3.05) is 7.05 Å². The van der Waals surface area contributed by atoms with Gasteiger partial charge in [-0.1, -0.05) is 60.2 Å². The molecule has 0 unspecified atom stereocenters. The Morgan fingerprint density at radius 2 is 1.47 bits per heavy atom. The molecule has 1 N–H and O–H groups in total. The molecule has 30 heavy (non-hydrogen) atoms. The molecule has 2 aromatic carbocycles. The van der Waals surface area contributed by atoms with Crippen LogP contribution in [0.2, 0.25) is 0 Å².